The Morgan fingerprint density at radius 1 is 1.29 bits per heavy atom. The first kappa shape index (κ1) is 16.5. The molecule has 114 valence electrons. The van der Waals surface area contributed by atoms with Gasteiger partial charge in [-0.15, -0.1) is 11.3 Å². The summed E-state index contributed by atoms with van der Waals surface area (Å²) < 4.78 is 0. The SMILES string of the molecule is CC(C)c1cnc(C2CC2(C)C)s1.NSc1ccccc1. The molecule has 1 fully saturated rings. The summed E-state index contributed by atoms with van der Waals surface area (Å²) >= 11 is 3.17. The zero-order chi connectivity index (χ0) is 15.5. The van der Waals surface area contributed by atoms with E-state index in [-0.39, 0.29) is 0 Å². The van der Waals surface area contributed by atoms with Crippen LogP contribution in [0.3, 0.4) is 0 Å². The zero-order valence-corrected chi connectivity index (χ0v) is 14.8. The van der Waals surface area contributed by atoms with E-state index in [1.54, 1.807) is 0 Å². The van der Waals surface area contributed by atoms with Gasteiger partial charge in [-0.05, 0) is 41.8 Å². The number of rotatable bonds is 3. The van der Waals surface area contributed by atoms with Crippen LogP contribution in [0.25, 0.3) is 0 Å². The highest BCUT2D eigenvalue weighted by atomic mass is 32.2. The van der Waals surface area contributed by atoms with E-state index in [4.69, 9.17) is 5.14 Å². The van der Waals surface area contributed by atoms with E-state index in [2.05, 4.69) is 38.9 Å². The highest BCUT2D eigenvalue weighted by Gasteiger charge is 2.48. The van der Waals surface area contributed by atoms with Crippen molar-refractivity contribution in [3.63, 3.8) is 0 Å². The normalized spacial score (nSPS) is 19.0. The fourth-order valence-corrected chi connectivity index (χ4v) is 3.66. The van der Waals surface area contributed by atoms with Gasteiger partial charge in [-0.1, -0.05) is 45.9 Å². The molecule has 1 unspecified atom stereocenters. The van der Waals surface area contributed by atoms with Gasteiger partial charge in [-0.2, -0.15) is 0 Å². The molecule has 0 spiro atoms. The summed E-state index contributed by atoms with van der Waals surface area (Å²) in [5, 5.41) is 6.62. The van der Waals surface area contributed by atoms with Crippen molar-refractivity contribution in [2.24, 2.45) is 10.6 Å². The van der Waals surface area contributed by atoms with Gasteiger partial charge in [0.15, 0.2) is 0 Å². The predicted molar refractivity (Wildman–Crippen MR) is 93.8 cm³/mol. The van der Waals surface area contributed by atoms with Crippen LogP contribution in [0.5, 0.6) is 0 Å². The molecule has 0 aliphatic heterocycles. The van der Waals surface area contributed by atoms with Gasteiger partial charge in [0.05, 0.1) is 5.01 Å². The molecule has 2 nitrogen and oxygen atoms in total. The molecule has 1 aliphatic carbocycles. The van der Waals surface area contributed by atoms with Crippen LogP contribution in [0.1, 0.15) is 55.8 Å². The van der Waals surface area contributed by atoms with Crippen molar-refractivity contribution in [2.75, 3.05) is 0 Å². The van der Waals surface area contributed by atoms with Crippen LogP contribution in [0, 0.1) is 5.41 Å². The molecule has 1 atom stereocenters. The Bertz CT molecular complexity index is 561. The monoisotopic (exact) mass is 320 g/mol. The first-order chi connectivity index (χ1) is 9.94. The minimum absolute atomic E-state index is 0.520. The number of thiazole rings is 1. The van der Waals surface area contributed by atoms with Crippen molar-refractivity contribution >= 4 is 23.3 Å². The van der Waals surface area contributed by atoms with Crippen molar-refractivity contribution < 1.29 is 0 Å². The smallest absolute Gasteiger partial charge is 0.0964 e. The summed E-state index contributed by atoms with van der Waals surface area (Å²) in [7, 11) is 0. The molecular formula is C17H24N2S2. The summed E-state index contributed by atoms with van der Waals surface area (Å²) in [5.41, 5.74) is 0.520. The van der Waals surface area contributed by atoms with Gasteiger partial charge in [0.1, 0.15) is 0 Å². The zero-order valence-electron chi connectivity index (χ0n) is 13.2. The van der Waals surface area contributed by atoms with Crippen LogP contribution in [0.4, 0.5) is 0 Å². The van der Waals surface area contributed by atoms with E-state index >= 15 is 0 Å². The lowest BCUT2D eigenvalue weighted by Gasteiger charge is -1.98. The molecule has 0 saturated heterocycles. The first-order valence-electron chi connectivity index (χ1n) is 7.31. The Morgan fingerprint density at radius 2 is 1.90 bits per heavy atom. The Balaban J connectivity index is 0.000000173. The van der Waals surface area contributed by atoms with Gasteiger partial charge < -0.3 is 0 Å². The number of hydrogen-bond acceptors (Lipinski definition) is 4. The van der Waals surface area contributed by atoms with Crippen molar-refractivity contribution in [3.05, 3.63) is 46.4 Å². The molecule has 21 heavy (non-hydrogen) atoms. The second kappa shape index (κ2) is 6.95. The third-order valence-corrected chi connectivity index (χ3v) is 5.76. The fourth-order valence-electron chi connectivity index (χ4n) is 2.12. The van der Waals surface area contributed by atoms with Crippen LogP contribution >= 0.6 is 23.3 Å². The Morgan fingerprint density at radius 3 is 2.29 bits per heavy atom. The summed E-state index contributed by atoms with van der Waals surface area (Å²) in [4.78, 5) is 7.05. The van der Waals surface area contributed by atoms with Crippen LogP contribution < -0.4 is 5.14 Å². The van der Waals surface area contributed by atoms with E-state index in [0.717, 1.165) is 10.8 Å². The summed E-state index contributed by atoms with van der Waals surface area (Å²) in [6, 6.07) is 9.86. The van der Waals surface area contributed by atoms with Crippen molar-refractivity contribution in [1.29, 1.82) is 0 Å². The molecule has 1 aromatic heterocycles. The van der Waals surface area contributed by atoms with Crippen molar-refractivity contribution in [2.45, 2.75) is 50.8 Å². The van der Waals surface area contributed by atoms with E-state index in [1.807, 2.05) is 41.7 Å². The highest BCUT2D eigenvalue weighted by Crippen LogP contribution is 2.59. The second-order valence-electron chi connectivity index (χ2n) is 6.43. The van der Waals surface area contributed by atoms with Gasteiger partial charge in [-0.3, -0.25) is 5.14 Å². The molecule has 2 N–H and O–H groups in total. The lowest BCUT2D eigenvalue weighted by atomic mass is 10.1. The summed E-state index contributed by atoms with van der Waals surface area (Å²) in [6.45, 7) is 9.12. The van der Waals surface area contributed by atoms with Gasteiger partial charge in [-0.25, -0.2) is 4.98 Å². The Labute approximate surface area is 136 Å². The number of benzene rings is 1. The summed E-state index contributed by atoms with van der Waals surface area (Å²) in [5.74, 6) is 1.37. The molecule has 1 aromatic carbocycles. The molecule has 3 rings (SSSR count). The predicted octanol–water partition coefficient (Wildman–Crippen LogP) is 5.43. The molecule has 1 aliphatic rings. The minimum Gasteiger partial charge on any atom is -0.274 e. The number of nitrogens with zero attached hydrogens (tertiary/aromatic N) is 1. The minimum atomic E-state index is 0.520. The summed E-state index contributed by atoms with van der Waals surface area (Å²) in [6.07, 6.45) is 3.37. The molecule has 0 bridgehead atoms. The van der Waals surface area contributed by atoms with E-state index < -0.39 is 0 Å². The third kappa shape index (κ3) is 4.56. The number of nitrogens with two attached hydrogens (primary N) is 1. The van der Waals surface area contributed by atoms with E-state index in [1.165, 1.54) is 28.3 Å². The topological polar surface area (TPSA) is 38.9 Å². The van der Waals surface area contributed by atoms with Crippen molar-refractivity contribution in [3.8, 4) is 0 Å². The lowest BCUT2D eigenvalue weighted by Crippen LogP contribution is -1.87. The Kier molecular flexibility index (Phi) is 5.47. The maximum Gasteiger partial charge on any atom is 0.0964 e. The maximum atomic E-state index is 5.27. The standard InChI is InChI=1S/C11H17NS.C6H7NS/c1-7(2)9-6-12-10(13-9)8-5-11(8,3)4;7-8-6-4-2-1-3-5-6/h6-8H,5H2,1-4H3;1-5H,7H2. The fraction of sp³-hybridized carbons (Fsp3) is 0.471. The Hall–Kier alpha value is -0.840. The van der Waals surface area contributed by atoms with Gasteiger partial charge in [0, 0.05) is 21.9 Å². The molecule has 0 amide bonds. The maximum absolute atomic E-state index is 5.27. The van der Waals surface area contributed by atoms with Crippen LogP contribution in [-0.4, -0.2) is 4.98 Å². The van der Waals surface area contributed by atoms with Gasteiger partial charge >= 0.3 is 0 Å². The van der Waals surface area contributed by atoms with E-state index in [0.29, 0.717) is 11.3 Å². The van der Waals surface area contributed by atoms with Crippen LogP contribution in [-0.2, 0) is 0 Å². The average molecular weight is 321 g/mol. The van der Waals surface area contributed by atoms with Gasteiger partial charge in [0.2, 0.25) is 0 Å². The average Bonchev–Trinajstić information content (AvgIpc) is 2.92. The molecule has 0 radical (unpaired) electrons. The third-order valence-electron chi connectivity index (χ3n) is 3.80. The van der Waals surface area contributed by atoms with Crippen molar-refractivity contribution in [1.82, 2.24) is 4.98 Å². The largest absolute Gasteiger partial charge is 0.274 e. The lowest BCUT2D eigenvalue weighted by molar-refractivity contribution is 0.620. The molecular weight excluding hydrogens is 296 g/mol. The van der Waals surface area contributed by atoms with Crippen LogP contribution in [0.2, 0.25) is 0 Å². The molecule has 1 saturated carbocycles. The quantitative estimate of drug-likeness (QED) is 0.766. The second-order valence-corrected chi connectivity index (χ2v) is 8.23. The first-order valence-corrected chi connectivity index (χ1v) is 9.01. The molecule has 1 heterocycles. The van der Waals surface area contributed by atoms with Crippen LogP contribution in [0.15, 0.2) is 41.4 Å². The molecule has 4 heteroatoms. The highest BCUT2D eigenvalue weighted by molar-refractivity contribution is 7.97. The number of hydrogen-bond donors (Lipinski definition) is 1. The van der Waals surface area contributed by atoms with Gasteiger partial charge in [0.25, 0.3) is 0 Å². The van der Waals surface area contributed by atoms with E-state index in [9.17, 15) is 0 Å². The molecule has 2 aromatic rings. The number of aromatic nitrogens is 1.